The zero-order valence-corrected chi connectivity index (χ0v) is 13.6. The minimum absolute atomic E-state index is 0.274. The maximum atomic E-state index is 10.3. The van der Waals surface area contributed by atoms with Gasteiger partial charge < -0.3 is 9.84 Å². The fourth-order valence-corrected chi connectivity index (χ4v) is 3.11. The molecule has 1 aromatic rings. The number of fused-ring (bicyclic) bond motifs is 1. The summed E-state index contributed by atoms with van der Waals surface area (Å²) in [6.45, 7) is 4.34. The molecule has 2 unspecified atom stereocenters. The van der Waals surface area contributed by atoms with Gasteiger partial charge in [-0.05, 0) is 36.6 Å². The first-order valence-corrected chi connectivity index (χ1v) is 8.68. The molecule has 2 heteroatoms. The van der Waals surface area contributed by atoms with E-state index in [0.29, 0.717) is 0 Å². The summed E-state index contributed by atoms with van der Waals surface area (Å²) in [5.74, 6) is 0.995. The summed E-state index contributed by atoms with van der Waals surface area (Å²) in [4.78, 5) is 0. The van der Waals surface area contributed by atoms with E-state index in [9.17, 15) is 5.11 Å². The van der Waals surface area contributed by atoms with Gasteiger partial charge in [-0.3, -0.25) is 0 Å². The number of hydrogen-bond acceptors (Lipinski definition) is 2. The van der Waals surface area contributed by atoms with Crippen LogP contribution in [0.4, 0.5) is 0 Å². The minimum atomic E-state index is -0.318. The lowest BCUT2D eigenvalue weighted by molar-refractivity contribution is 0.163. The molecule has 0 saturated heterocycles. The topological polar surface area (TPSA) is 29.5 Å². The molecule has 1 aliphatic heterocycles. The molecule has 0 amide bonds. The van der Waals surface area contributed by atoms with Crippen molar-refractivity contribution in [1.82, 2.24) is 0 Å². The molecule has 118 valence electrons. The highest BCUT2D eigenvalue weighted by molar-refractivity contribution is 5.41. The van der Waals surface area contributed by atoms with Crippen molar-refractivity contribution >= 4 is 0 Å². The van der Waals surface area contributed by atoms with Crippen LogP contribution in [0.3, 0.4) is 0 Å². The molecule has 2 rings (SSSR count). The van der Waals surface area contributed by atoms with Gasteiger partial charge in [0.25, 0.3) is 0 Å². The summed E-state index contributed by atoms with van der Waals surface area (Å²) >= 11 is 0. The summed E-state index contributed by atoms with van der Waals surface area (Å²) in [5.41, 5.74) is 2.30. The Balaban J connectivity index is 1.69. The van der Waals surface area contributed by atoms with E-state index in [0.717, 1.165) is 30.6 Å². The van der Waals surface area contributed by atoms with Crippen molar-refractivity contribution in [3.63, 3.8) is 0 Å². The Kier molecular flexibility index (Phi) is 6.56. The molecule has 1 aliphatic rings. The summed E-state index contributed by atoms with van der Waals surface area (Å²) in [6.07, 6.45) is 10.8. The van der Waals surface area contributed by atoms with E-state index in [4.69, 9.17) is 4.74 Å². The van der Waals surface area contributed by atoms with Crippen molar-refractivity contribution in [3.05, 3.63) is 29.3 Å². The third-order valence-corrected chi connectivity index (χ3v) is 4.39. The van der Waals surface area contributed by atoms with E-state index < -0.39 is 0 Å². The molecule has 1 heterocycles. The molecule has 2 atom stereocenters. The average Bonchev–Trinajstić information content (AvgIpc) is 2.85. The first kappa shape index (κ1) is 16.4. The second-order valence-electron chi connectivity index (χ2n) is 6.43. The normalized spacial score (nSPS) is 18.3. The van der Waals surface area contributed by atoms with Gasteiger partial charge in [-0.25, -0.2) is 0 Å². The Hall–Kier alpha value is -1.02. The quantitative estimate of drug-likeness (QED) is 0.635. The third kappa shape index (κ3) is 5.03. The molecule has 0 aliphatic carbocycles. The monoisotopic (exact) mass is 290 g/mol. The standard InChI is InChI=1S/C19H30O2/c1-3-4-5-6-7-8-9-10-18(20)16-11-12-19-17(14-16)13-15(2)21-19/h11-12,14-15,18,20H,3-10,13H2,1-2H3. The molecule has 0 saturated carbocycles. The first-order chi connectivity index (χ1) is 10.2. The SMILES string of the molecule is CCCCCCCCCC(O)c1ccc2c(c1)CC(C)O2. The van der Waals surface area contributed by atoms with Gasteiger partial charge in [-0.2, -0.15) is 0 Å². The van der Waals surface area contributed by atoms with Crippen LogP contribution in [0.1, 0.15) is 82.4 Å². The van der Waals surface area contributed by atoms with Crippen molar-refractivity contribution in [2.24, 2.45) is 0 Å². The minimum Gasteiger partial charge on any atom is -0.490 e. The molecule has 0 spiro atoms. The van der Waals surface area contributed by atoms with Crippen molar-refractivity contribution in [1.29, 1.82) is 0 Å². The van der Waals surface area contributed by atoms with Gasteiger partial charge in [0.15, 0.2) is 0 Å². The first-order valence-electron chi connectivity index (χ1n) is 8.68. The molecule has 0 fully saturated rings. The molecule has 0 radical (unpaired) electrons. The van der Waals surface area contributed by atoms with Crippen LogP contribution in [0.25, 0.3) is 0 Å². The predicted molar refractivity (Wildman–Crippen MR) is 87.8 cm³/mol. The van der Waals surface area contributed by atoms with Gasteiger partial charge in [0, 0.05) is 6.42 Å². The molecule has 2 nitrogen and oxygen atoms in total. The van der Waals surface area contributed by atoms with E-state index in [1.165, 1.54) is 44.1 Å². The van der Waals surface area contributed by atoms with Crippen LogP contribution in [0, 0.1) is 0 Å². The highest BCUT2D eigenvalue weighted by Gasteiger charge is 2.20. The van der Waals surface area contributed by atoms with Crippen molar-refractivity contribution in [2.75, 3.05) is 0 Å². The van der Waals surface area contributed by atoms with Gasteiger partial charge in [-0.1, -0.05) is 57.9 Å². The molecule has 0 bridgehead atoms. The van der Waals surface area contributed by atoms with Crippen molar-refractivity contribution in [3.8, 4) is 5.75 Å². The maximum Gasteiger partial charge on any atom is 0.123 e. The number of unbranched alkanes of at least 4 members (excludes halogenated alkanes) is 6. The summed E-state index contributed by atoms with van der Waals surface area (Å²) < 4.78 is 5.71. The van der Waals surface area contributed by atoms with Crippen LogP contribution in [0.15, 0.2) is 18.2 Å². The van der Waals surface area contributed by atoms with E-state index in [1.54, 1.807) is 0 Å². The highest BCUT2D eigenvalue weighted by Crippen LogP contribution is 2.32. The van der Waals surface area contributed by atoms with E-state index in [-0.39, 0.29) is 12.2 Å². The smallest absolute Gasteiger partial charge is 0.123 e. The lowest BCUT2D eigenvalue weighted by atomic mass is 9.99. The van der Waals surface area contributed by atoms with Crippen molar-refractivity contribution in [2.45, 2.75) is 83.8 Å². The number of benzene rings is 1. The van der Waals surface area contributed by atoms with E-state index >= 15 is 0 Å². The number of rotatable bonds is 9. The summed E-state index contributed by atoms with van der Waals surface area (Å²) in [5, 5.41) is 10.3. The maximum absolute atomic E-state index is 10.3. The number of aliphatic hydroxyl groups excluding tert-OH is 1. The van der Waals surface area contributed by atoms with E-state index in [1.807, 2.05) is 12.1 Å². The zero-order chi connectivity index (χ0) is 15.1. The number of hydrogen-bond donors (Lipinski definition) is 1. The van der Waals surface area contributed by atoms with Gasteiger partial charge >= 0.3 is 0 Å². The largest absolute Gasteiger partial charge is 0.490 e. The van der Waals surface area contributed by atoms with Gasteiger partial charge in [0.2, 0.25) is 0 Å². The molecule has 1 N–H and O–H groups in total. The number of ether oxygens (including phenoxy) is 1. The zero-order valence-electron chi connectivity index (χ0n) is 13.6. The Morgan fingerprint density at radius 1 is 1.14 bits per heavy atom. The Morgan fingerprint density at radius 2 is 1.86 bits per heavy atom. The molecular formula is C19H30O2. The summed E-state index contributed by atoms with van der Waals surface area (Å²) in [6, 6.07) is 6.16. The Morgan fingerprint density at radius 3 is 2.62 bits per heavy atom. The summed E-state index contributed by atoms with van der Waals surface area (Å²) in [7, 11) is 0. The van der Waals surface area contributed by atoms with Crippen molar-refractivity contribution < 1.29 is 9.84 Å². The van der Waals surface area contributed by atoms with Gasteiger partial charge in [-0.15, -0.1) is 0 Å². The van der Waals surface area contributed by atoms with Crippen LogP contribution in [0.2, 0.25) is 0 Å². The second-order valence-corrected chi connectivity index (χ2v) is 6.43. The Bertz CT molecular complexity index is 428. The van der Waals surface area contributed by atoms with Gasteiger partial charge in [0.05, 0.1) is 6.10 Å². The van der Waals surface area contributed by atoms with Crippen LogP contribution in [-0.2, 0) is 6.42 Å². The Labute approximate surface area is 129 Å². The number of aliphatic hydroxyl groups is 1. The molecular weight excluding hydrogens is 260 g/mol. The molecule has 0 aromatic heterocycles. The lowest BCUT2D eigenvalue weighted by Crippen LogP contribution is -2.05. The average molecular weight is 290 g/mol. The fourth-order valence-electron chi connectivity index (χ4n) is 3.11. The molecule has 1 aromatic carbocycles. The fraction of sp³-hybridized carbons (Fsp3) is 0.684. The third-order valence-electron chi connectivity index (χ3n) is 4.39. The molecule has 21 heavy (non-hydrogen) atoms. The van der Waals surface area contributed by atoms with Gasteiger partial charge in [0.1, 0.15) is 11.9 Å². The highest BCUT2D eigenvalue weighted by atomic mass is 16.5. The predicted octanol–water partition coefficient (Wildman–Crippen LogP) is 5.18. The second kappa shape index (κ2) is 8.43. The van der Waals surface area contributed by atoms with Crippen LogP contribution >= 0.6 is 0 Å². The van der Waals surface area contributed by atoms with Crippen LogP contribution < -0.4 is 4.74 Å². The lowest BCUT2D eigenvalue weighted by Gasteiger charge is -2.12. The van der Waals surface area contributed by atoms with Crippen LogP contribution in [0.5, 0.6) is 5.75 Å². The van der Waals surface area contributed by atoms with E-state index in [2.05, 4.69) is 19.9 Å². The van der Waals surface area contributed by atoms with Crippen LogP contribution in [-0.4, -0.2) is 11.2 Å².